The second-order valence-electron chi connectivity index (χ2n) is 7.86. The molecule has 29 heavy (non-hydrogen) atoms. The number of imidazole rings is 1. The summed E-state index contributed by atoms with van der Waals surface area (Å²) in [5.74, 6) is 0.633. The molecule has 1 aromatic carbocycles. The number of unbranched alkanes of at least 4 members (excludes halogenated alkanes) is 3. The Kier molecular flexibility index (Phi) is 7.96. The molecule has 0 spiro atoms. The van der Waals surface area contributed by atoms with E-state index in [2.05, 4.69) is 39.6 Å². The third-order valence-corrected chi connectivity index (χ3v) is 5.60. The average molecular weight is 400 g/mol. The van der Waals surface area contributed by atoms with E-state index in [1.165, 1.54) is 30.5 Å². The molecular formula is C23H33N3O3. The van der Waals surface area contributed by atoms with Crippen LogP contribution in [0, 0.1) is 0 Å². The lowest BCUT2D eigenvalue weighted by Gasteiger charge is -2.19. The molecule has 158 valence electrons. The number of aliphatic carboxylic acids is 1. The molecular weight excluding hydrogens is 366 g/mol. The Balaban J connectivity index is 1.64. The van der Waals surface area contributed by atoms with Crippen molar-refractivity contribution in [2.24, 2.45) is 0 Å². The van der Waals surface area contributed by atoms with Crippen LogP contribution in [0.15, 0.2) is 36.9 Å². The van der Waals surface area contributed by atoms with E-state index in [1.54, 1.807) is 0 Å². The summed E-state index contributed by atoms with van der Waals surface area (Å²) in [6.07, 6.45) is 12.4. The van der Waals surface area contributed by atoms with Crippen LogP contribution in [0.25, 0.3) is 0 Å². The number of benzene rings is 1. The van der Waals surface area contributed by atoms with Gasteiger partial charge in [-0.25, -0.2) is 4.98 Å². The fraction of sp³-hybridized carbons (Fsp3) is 0.565. The van der Waals surface area contributed by atoms with Gasteiger partial charge in [0.2, 0.25) is 0 Å². The number of carbonyl (C=O) groups is 1. The molecule has 2 heterocycles. The molecule has 0 fully saturated rings. The molecule has 1 unspecified atom stereocenters. The first kappa shape index (κ1) is 21.2. The van der Waals surface area contributed by atoms with Crippen LogP contribution in [-0.2, 0) is 11.3 Å². The van der Waals surface area contributed by atoms with Gasteiger partial charge < -0.3 is 19.3 Å². The Morgan fingerprint density at radius 3 is 2.90 bits per heavy atom. The summed E-state index contributed by atoms with van der Waals surface area (Å²) in [4.78, 5) is 17.3. The summed E-state index contributed by atoms with van der Waals surface area (Å²) in [6.45, 7) is 5.62. The highest BCUT2D eigenvalue weighted by atomic mass is 16.5. The summed E-state index contributed by atoms with van der Waals surface area (Å²) in [7, 11) is 0. The van der Waals surface area contributed by atoms with Gasteiger partial charge in [-0.2, -0.15) is 0 Å². The lowest BCUT2D eigenvalue weighted by molar-refractivity contribution is -0.137. The Morgan fingerprint density at radius 2 is 2.14 bits per heavy atom. The van der Waals surface area contributed by atoms with E-state index >= 15 is 0 Å². The molecule has 1 aromatic heterocycles. The summed E-state index contributed by atoms with van der Waals surface area (Å²) in [6, 6.07) is 6.40. The van der Waals surface area contributed by atoms with Crippen molar-refractivity contribution in [3.8, 4) is 5.75 Å². The normalized spacial score (nSPS) is 15.5. The predicted octanol–water partition coefficient (Wildman–Crippen LogP) is 4.70. The third-order valence-electron chi connectivity index (χ3n) is 5.60. The minimum absolute atomic E-state index is 0.213. The van der Waals surface area contributed by atoms with Crippen molar-refractivity contribution in [1.82, 2.24) is 9.55 Å². The molecule has 0 aliphatic carbocycles. The van der Waals surface area contributed by atoms with E-state index < -0.39 is 5.97 Å². The number of hydrogen-bond donors (Lipinski definition) is 1. The molecule has 1 aliphatic rings. The van der Waals surface area contributed by atoms with E-state index in [0.717, 1.165) is 44.8 Å². The summed E-state index contributed by atoms with van der Waals surface area (Å²) in [5, 5.41) is 8.95. The van der Waals surface area contributed by atoms with Gasteiger partial charge >= 0.3 is 5.97 Å². The summed E-state index contributed by atoms with van der Waals surface area (Å²) in [5.41, 5.74) is 2.55. The van der Waals surface area contributed by atoms with E-state index in [9.17, 15) is 4.79 Å². The number of aryl methyl sites for hydroxylation is 1. The van der Waals surface area contributed by atoms with Crippen LogP contribution < -0.4 is 9.64 Å². The Bertz CT molecular complexity index is 761. The van der Waals surface area contributed by atoms with Crippen molar-refractivity contribution in [3.05, 3.63) is 42.5 Å². The van der Waals surface area contributed by atoms with Crippen LogP contribution in [0.5, 0.6) is 5.75 Å². The highest BCUT2D eigenvalue weighted by Gasteiger charge is 2.28. The topological polar surface area (TPSA) is 67.6 Å². The lowest BCUT2D eigenvalue weighted by atomic mass is 9.97. The van der Waals surface area contributed by atoms with E-state index in [1.807, 2.05) is 18.7 Å². The van der Waals surface area contributed by atoms with Crippen molar-refractivity contribution < 1.29 is 14.6 Å². The van der Waals surface area contributed by atoms with Gasteiger partial charge in [0.15, 0.2) is 0 Å². The van der Waals surface area contributed by atoms with Crippen LogP contribution in [0.3, 0.4) is 0 Å². The van der Waals surface area contributed by atoms with Gasteiger partial charge in [0.05, 0.1) is 12.9 Å². The lowest BCUT2D eigenvalue weighted by Crippen LogP contribution is -2.24. The number of hydrogen-bond acceptors (Lipinski definition) is 4. The number of fused-ring (bicyclic) bond motifs is 1. The van der Waals surface area contributed by atoms with Gasteiger partial charge in [0.25, 0.3) is 0 Å². The van der Waals surface area contributed by atoms with Crippen LogP contribution in [-0.4, -0.2) is 40.3 Å². The molecule has 2 aromatic rings. The van der Waals surface area contributed by atoms with Crippen LogP contribution in [0.4, 0.5) is 5.69 Å². The quantitative estimate of drug-likeness (QED) is 0.495. The third kappa shape index (κ3) is 6.24. The van der Waals surface area contributed by atoms with Gasteiger partial charge in [-0.1, -0.05) is 26.2 Å². The Labute approximate surface area is 173 Å². The maximum atomic E-state index is 10.9. The zero-order chi connectivity index (χ0) is 20.5. The second-order valence-corrected chi connectivity index (χ2v) is 7.86. The van der Waals surface area contributed by atoms with Gasteiger partial charge in [-0.05, 0) is 43.0 Å². The maximum Gasteiger partial charge on any atom is 0.303 e. The largest absolute Gasteiger partial charge is 0.494 e. The highest BCUT2D eigenvalue weighted by molar-refractivity contribution is 5.67. The van der Waals surface area contributed by atoms with Crippen LogP contribution in [0.2, 0.25) is 0 Å². The average Bonchev–Trinajstić information content (AvgIpc) is 3.34. The summed E-state index contributed by atoms with van der Waals surface area (Å²) < 4.78 is 8.12. The van der Waals surface area contributed by atoms with Gasteiger partial charge in [0.1, 0.15) is 5.75 Å². The molecule has 6 heteroatoms. The minimum atomic E-state index is -0.729. The van der Waals surface area contributed by atoms with E-state index in [4.69, 9.17) is 9.84 Å². The second kappa shape index (κ2) is 10.9. The van der Waals surface area contributed by atoms with Gasteiger partial charge in [-0.3, -0.25) is 4.79 Å². The fourth-order valence-electron chi connectivity index (χ4n) is 4.02. The molecule has 1 N–H and O–H groups in total. The molecule has 0 saturated heterocycles. The molecule has 3 rings (SSSR count). The molecule has 6 nitrogen and oxygen atoms in total. The number of anilines is 1. The predicted molar refractivity (Wildman–Crippen MR) is 115 cm³/mol. The van der Waals surface area contributed by atoms with Crippen molar-refractivity contribution in [2.45, 2.75) is 64.3 Å². The minimum Gasteiger partial charge on any atom is -0.494 e. The SMILES string of the molecule is CCCCCCOc1ccc2c(c1)C(CCn1ccnc1)CN2CCCC(=O)O. The van der Waals surface area contributed by atoms with Gasteiger partial charge in [0, 0.05) is 50.1 Å². The summed E-state index contributed by atoms with van der Waals surface area (Å²) >= 11 is 0. The first-order valence-electron chi connectivity index (χ1n) is 10.9. The molecule has 0 saturated carbocycles. The number of aromatic nitrogens is 2. The zero-order valence-electron chi connectivity index (χ0n) is 17.4. The van der Waals surface area contributed by atoms with E-state index in [0.29, 0.717) is 12.3 Å². The van der Waals surface area contributed by atoms with Crippen molar-refractivity contribution in [2.75, 3.05) is 24.6 Å². The van der Waals surface area contributed by atoms with Crippen LogP contribution in [0.1, 0.15) is 63.4 Å². The van der Waals surface area contributed by atoms with Crippen molar-refractivity contribution in [1.29, 1.82) is 0 Å². The van der Waals surface area contributed by atoms with Gasteiger partial charge in [-0.15, -0.1) is 0 Å². The number of carboxylic acids is 1. The van der Waals surface area contributed by atoms with Crippen molar-refractivity contribution in [3.63, 3.8) is 0 Å². The highest BCUT2D eigenvalue weighted by Crippen LogP contribution is 2.40. The first-order valence-corrected chi connectivity index (χ1v) is 10.9. The first-order chi connectivity index (χ1) is 14.2. The molecule has 0 bridgehead atoms. The number of nitrogens with zero attached hydrogens (tertiary/aromatic N) is 3. The molecule has 1 aliphatic heterocycles. The van der Waals surface area contributed by atoms with E-state index in [-0.39, 0.29) is 6.42 Å². The fourth-order valence-corrected chi connectivity index (χ4v) is 4.02. The van der Waals surface area contributed by atoms with Crippen LogP contribution >= 0.6 is 0 Å². The zero-order valence-corrected chi connectivity index (χ0v) is 17.4. The molecule has 0 amide bonds. The maximum absolute atomic E-state index is 10.9. The molecule has 1 atom stereocenters. The Hall–Kier alpha value is -2.50. The number of ether oxygens (including phenoxy) is 1. The Morgan fingerprint density at radius 1 is 1.24 bits per heavy atom. The number of rotatable bonds is 13. The number of carboxylic acid groups (broad SMARTS) is 1. The molecule has 0 radical (unpaired) electrons. The monoisotopic (exact) mass is 399 g/mol. The standard InChI is InChI=1S/C23H33N3O3/c1-2-3-4-5-15-29-20-8-9-22-21(16-20)19(10-13-25-14-11-24-18-25)17-26(22)12-6-7-23(27)28/h8-9,11,14,16,18-19H,2-7,10,12-13,15,17H2,1H3,(H,27,28). The van der Waals surface area contributed by atoms with Crippen molar-refractivity contribution >= 4 is 11.7 Å². The smallest absolute Gasteiger partial charge is 0.303 e.